The fourth-order valence-electron chi connectivity index (χ4n) is 4.07. The molecule has 1 atom stereocenters. The number of carbonyl (C=O) groups excluding carboxylic acids is 4. The van der Waals surface area contributed by atoms with Gasteiger partial charge in [0.25, 0.3) is 17.7 Å². The zero-order valence-corrected chi connectivity index (χ0v) is 19.7. The maximum atomic E-state index is 12.9. The third kappa shape index (κ3) is 4.89. The molecule has 0 saturated carbocycles. The highest BCUT2D eigenvalue weighted by molar-refractivity contribution is 6.11. The van der Waals surface area contributed by atoms with E-state index in [4.69, 9.17) is 4.74 Å². The average molecular weight is 502 g/mol. The quantitative estimate of drug-likeness (QED) is 0.370. The minimum atomic E-state index is -0.498. The summed E-state index contributed by atoms with van der Waals surface area (Å²) < 4.78 is 10.0. The lowest BCUT2D eigenvalue weighted by Crippen LogP contribution is -2.37. The number of ether oxygens (including phenoxy) is 2. The van der Waals surface area contributed by atoms with Gasteiger partial charge in [0.2, 0.25) is 0 Å². The maximum Gasteiger partial charge on any atom is 0.337 e. The van der Waals surface area contributed by atoms with E-state index in [2.05, 4.69) is 35.6 Å². The number of benzene rings is 1. The second-order valence-electron chi connectivity index (χ2n) is 8.38. The van der Waals surface area contributed by atoms with Crippen LogP contribution in [0.3, 0.4) is 0 Å². The Hall–Kier alpha value is -5.00. The van der Waals surface area contributed by atoms with E-state index < -0.39 is 17.8 Å². The summed E-state index contributed by atoms with van der Waals surface area (Å²) in [5.74, 6) is -0.928. The standard InChI is InChI=1S/C25H22N6O6/c1-36-25(35)15-5-3-14(4-6-15)23(33)31-17-10-26-21-20(17)28-12-29-22(21)24(34)27-9-13-2-7-18-16(8-13)30-19(32)11-37-18/h2-7,10,12-13,26H,8-9,11H2,1H3,(H,27,34)(H,30,32)(H,31,33). The zero-order valence-electron chi connectivity index (χ0n) is 19.7. The fourth-order valence-corrected chi connectivity index (χ4v) is 4.07. The number of nitrogens with zero attached hydrogens (tertiary/aromatic N) is 2. The molecule has 3 aromatic rings. The van der Waals surface area contributed by atoms with Crippen LogP contribution in [0.25, 0.3) is 11.0 Å². The molecule has 1 aromatic carbocycles. The Labute approximate surface area is 210 Å². The van der Waals surface area contributed by atoms with Crippen LogP contribution in [0.1, 0.15) is 37.6 Å². The molecule has 0 saturated heterocycles. The Morgan fingerprint density at radius 2 is 1.92 bits per heavy atom. The molecule has 12 nitrogen and oxygen atoms in total. The van der Waals surface area contributed by atoms with Crippen LogP contribution in [0.5, 0.6) is 0 Å². The molecule has 2 aliphatic rings. The molecule has 0 radical (unpaired) electrons. The first-order chi connectivity index (χ1) is 17.9. The number of amides is 3. The van der Waals surface area contributed by atoms with Crippen molar-refractivity contribution in [2.45, 2.75) is 6.42 Å². The molecular weight excluding hydrogens is 480 g/mol. The van der Waals surface area contributed by atoms with Crippen molar-refractivity contribution >= 4 is 40.4 Å². The molecule has 1 aliphatic heterocycles. The summed E-state index contributed by atoms with van der Waals surface area (Å²) in [5, 5.41) is 8.42. The third-order valence-corrected chi connectivity index (χ3v) is 5.95. The van der Waals surface area contributed by atoms with Gasteiger partial charge in [-0.15, -0.1) is 0 Å². The van der Waals surface area contributed by atoms with Crippen molar-refractivity contribution in [1.82, 2.24) is 25.6 Å². The molecular formula is C25H22N6O6. The van der Waals surface area contributed by atoms with Crippen LogP contribution in [-0.4, -0.2) is 58.9 Å². The zero-order chi connectivity index (χ0) is 25.9. The van der Waals surface area contributed by atoms with Crippen molar-refractivity contribution in [3.63, 3.8) is 0 Å². The number of fused-ring (bicyclic) bond motifs is 1. The summed E-state index contributed by atoms with van der Waals surface area (Å²) in [6, 6.07) is 6.00. The molecule has 1 unspecified atom stereocenters. The van der Waals surface area contributed by atoms with Gasteiger partial charge in [0.1, 0.15) is 17.6 Å². The van der Waals surface area contributed by atoms with Crippen molar-refractivity contribution in [3.8, 4) is 0 Å². The first-order valence-corrected chi connectivity index (χ1v) is 11.4. The Morgan fingerprint density at radius 3 is 2.70 bits per heavy atom. The molecule has 0 fully saturated rings. The second-order valence-corrected chi connectivity index (χ2v) is 8.38. The van der Waals surface area contributed by atoms with E-state index in [9.17, 15) is 19.2 Å². The van der Waals surface area contributed by atoms with Crippen LogP contribution in [0.2, 0.25) is 0 Å². The first kappa shape index (κ1) is 23.7. The topological polar surface area (TPSA) is 164 Å². The Morgan fingerprint density at radius 1 is 1.14 bits per heavy atom. The van der Waals surface area contributed by atoms with Gasteiger partial charge in [-0.3, -0.25) is 14.4 Å². The molecule has 37 heavy (non-hydrogen) atoms. The molecule has 12 heteroatoms. The van der Waals surface area contributed by atoms with Gasteiger partial charge in [-0.1, -0.05) is 6.08 Å². The monoisotopic (exact) mass is 502 g/mol. The van der Waals surface area contributed by atoms with Crippen LogP contribution in [0.4, 0.5) is 5.69 Å². The highest BCUT2D eigenvalue weighted by Gasteiger charge is 2.25. The van der Waals surface area contributed by atoms with Gasteiger partial charge >= 0.3 is 5.97 Å². The summed E-state index contributed by atoms with van der Waals surface area (Å²) in [5.41, 5.74) is 2.59. The molecule has 3 amide bonds. The number of rotatable bonds is 6. The maximum absolute atomic E-state index is 12.9. The predicted molar refractivity (Wildman–Crippen MR) is 130 cm³/mol. The first-order valence-electron chi connectivity index (χ1n) is 11.4. The second kappa shape index (κ2) is 9.93. The smallest absolute Gasteiger partial charge is 0.337 e. The summed E-state index contributed by atoms with van der Waals surface area (Å²) in [6.45, 7) is 0.313. The fraction of sp³-hybridized carbons (Fsp3) is 0.200. The highest BCUT2D eigenvalue weighted by atomic mass is 16.5. The number of H-pyrrole nitrogens is 1. The molecule has 2 aromatic heterocycles. The summed E-state index contributed by atoms with van der Waals surface area (Å²) in [7, 11) is 1.28. The summed E-state index contributed by atoms with van der Waals surface area (Å²) in [6.07, 6.45) is 7.02. The molecule has 5 rings (SSSR count). The van der Waals surface area contributed by atoms with Gasteiger partial charge in [0, 0.05) is 24.2 Å². The molecule has 4 N–H and O–H groups in total. The van der Waals surface area contributed by atoms with Gasteiger partial charge in [0.05, 0.1) is 29.6 Å². The third-order valence-electron chi connectivity index (χ3n) is 5.95. The van der Waals surface area contributed by atoms with Crippen molar-refractivity contribution in [2.75, 3.05) is 25.6 Å². The number of methoxy groups -OCH3 is 1. The van der Waals surface area contributed by atoms with E-state index in [0.717, 1.165) is 0 Å². The lowest BCUT2D eigenvalue weighted by molar-refractivity contribution is -0.125. The van der Waals surface area contributed by atoms with E-state index in [1.165, 1.54) is 43.9 Å². The van der Waals surface area contributed by atoms with Crippen LogP contribution in [-0.2, 0) is 14.3 Å². The minimum absolute atomic E-state index is 0.00541. The number of carbonyl (C=O) groups is 4. The van der Waals surface area contributed by atoms with Crippen LogP contribution in [0, 0.1) is 5.92 Å². The van der Waals surface area contributed by atoms with Crippen LogP contribution < -0.4 is 16.0 Å². The molecule has 1 aliphatic carbocycles. The van der Waals surface area contributed by atoms with Crippen molar-refractivity contribution in [3.05, 3.63) is 77.2 Å². The molecule has 3 heterocycles. The Kier molecular flexibility index (Phi) is 6.37. The van der Waals surface area contributed by atoms with E-state index in [0.29, 0.717) is 52.3 Å². The molecule has 188 valence electrons. The van der Waals surface area contributed by atoms with E-state index in [1.54, 1.807) is 6.08 Å². The number of nitrogens with one attached hydrogen (secondary N) is 4. The largest absolute Gasteiger partial charge is 0.482 e. The highest BCUT2D eigenvalue weighted by Crippen LogP contribution is 2.25. The SMILES string of the molecule is COC(=O)c1ccc(C(=O)Nc2c[nH]c3c(C(=O)NCC4C=CC5=C(C4)NC(=O)CO5)ncnc23)cc1. The van der Waals surface area contributed by atoms with Gasteiger partial charge in [-0.2, -0.15) is 0 Å². The normalized spacial score (nSPS) is 16.5. The van der Waals surface area contributed by atoms with Gasteiger partial charge in [-0.25, -0.2) is 14.8 Å². The summed E-state index contributed by atoms with van der Waals surface area (Å²) >= 11 is 0. The van der Waals surface area contributed by atoms with Gasteiger partial charge < -0.3 is 30.4 Å². The number of hydrogen-bond donors (Lipinski definition) is 4. The number of aromatic amines is 1. The summed E-state index contributed by atoms with van der Waals surface area (Å²) in [4.78, 5) is 60.1. The van der Waals surface area contributed by atoms with Gasteiger partial charge in [-0.05, 0) is 36.8 Å². The van der Waals surface area contributed by atoms with E-state index >= 15 is 0 Å². The lowest BCUT2D eigenvalue weighted by atomic mass is 9.96. The van der Waals surface area contributed by atoms with E-state index in [-0.39, 0.29) is 24.1 Å². The Balaban J connectivity index is 1.25. The molecule has 0 spiro atoms. The minimum Gasteiger partial charge on any atom is -0.482 e. The van der Waals surface area contributed by atoms with Crippen molar-refractivity contribution < 1.29 is 28.7 Å². The van der Waals surface area contributed by atoms with Crippen molar-refractivity contribution in [2.24, 2.45) is 5.92 Å². The van der Waals surface area contributed by atoms with E-state index in [1.807, 2.05) is 6.08 Å². The van der Waals surface area contributed by atoms with Crippen LogP contribution >= 0.6 is 0 Å². The lowest BCUT2D eigenvalue weighted by Gasteiger charge is -2.26. The number of anilines is 1. The van der Waals surface area contributed by atoms with Gasteiger partial charge in [0.15, 0.2) is 12.3 Å². The number of esters is 1. The number of hydrogen-bond acceptors (Lipinski definition) is 8. The predicted octanol–water partition coefficient (Wildman–Crippen LogP) is 1.66. The number of aromatic nitrogens is 3. The van der Waals surface area contributed by atoms with Crippen LogP contribution in [0.15, 0.2) is 60.4 Å². The average Bonchev–Trinajstić information content (AvgIpc) is 3.33. The number of allylic oxidation sites excluding steroid dienone is 2. The van der Waals surface area contributed by atoms with Crippen molar-refractivity contribution in [1.29, 1.82) is 0 Å². The Bertz CT molecular complexity index is 1470. The molecule has 0 bridgehead atoms.